The van der Waals surface area contributed by atoms with Gasteiger partial charge in [0.05, 0.1) is 6.61 Å². The van der Waals surface area contributed by atoms with Crippen molar-refractivity contribution in [2.24, 2.45) is 0 Å². The van der Waals surface area contributed by atoms with Gasteiger partial charge in [-0.15, -0.1) is 0 Å². The molecule has 160 valence electrons. The summed E-state index contributed by atoms with van der Waals surface area (Å²) in [5.41, 5.74) is 4.84. The smallest absolute Gasteiger partial charge is 0.255 e. The van der Waals surface area contributed by atoms with E-state index in [-0.39, 0.29) is 11.7 Å². The molecule has 0 radical (unpaired) electrons. The predicted octanol–water partition coefficient (Wildman–Crippen LogP) is 4.40. The van der Waals surface area contributed by atoms with Gasteiger partial charge < -0.3 is 15.4 Å². The molecule has 2 heterocycles. The predicted molar refractivity (Wildman–Crippen MR) is 120 cm³/mol. The average molecular weight is 418 g/mol. The largest absolute Gasteiger partial charge is 0.494 e. The van der Waals surface area contributed by atoms with Crippen LogP contribution < -0.4 is 15.4 Å². The zero-order valence-corrected chi connectivity index (χ0v) is 18.1. The Morgan fingerprint density at radius 2 is 1.97 bits per heavy atom. The summed E-state index contributed by atoms with van der Waals surface area (Å²) < 4.78 is 5.57. The highest BCUT2D eigenvalue weighted by Crippen LogP contribution is 2.42. The zero-order valence-electron chi connectivity index (χ0n) is 18.1. The molecule has 6 nitrogen and oxygen atoms in total. The number of rotatable bonds is 5. The molecule has 1 amide bonds. The van der Waals surface area contributed by atoms with E-state index in [1.54, 1.807) is 6.20 Å². The number of ether oxygens (including phenoxy) is 1. The monoisotopic (exact) mass is 417 g/mol. The minimum absolute atomic E-state index is 0.0964. The Morgan fingerprint density at radius 1 is 1.19 bits per heavy atom. The van der Waals surface area contributed by atoms with E-state index in [2.05, 4.69) is 15.6 Å². The molecule has 4 rings (SSSR count). The van der Waals surface area contributed by atoms with E-state index in [1.807, 2.05) is 57.2 Å². The quantitative estimate of drug-likeness (QED) is 0.754. The maximum Gasteiger partial charge on any atom is 0.255 e. The number of anilines is 1. The van der Waals surface area contributed by atoms with Crippen molar-refractivity contribution in [3.8, 4) is 5.75 Å². The van der Waals surface area contributed by atoms with Crippen LogP contribution in [0.15, 0.2) is 65.1 Å². The highest BCUT2D eigenvalue weighted by Gasteiger charge is 2.38. The normalized spacial score (nSPS) is 18.4. The summed E-state index contributed by atoms with van der Waals surface area (Å²) in [6.45, 7) is 6.36. The summed E-state index contributed by atoms with van der Waals surface area (Å²) >= 11 is 0. The van der Waals surface area contributed by atoms with Crippen LogP contribution in [0.3, 0.4) is 0 Å². The van der Waals surface area contributed by atoms with E-state index in [0.717, 1.165) is 41.1 Å². The van der Waals surface area contributed by atoms with Gasteiger partial charge in [-0.05, 0) is 69.0 Å². The second kappa shape index (κ2) is 8.76. The minimum Gasteiger partial charge on any atom is -0.494 e. The van der Waals surface area contributed by atoms with Crippen molar-refractivity contribution in [2.75, 3.05) is 11.9 Å². The molecule has 0 bridgehead atoms. The lowest BCUT2D eigenvalue weighted by atomic mass is 9.75. The van der Waals surface area contributed by atoms with Gasteiger partial charge in [0, 0.05) is 41.1 Å². The topological polar surface area (TPSA) is 80.3 Å². The number of pyridine rings is 1. The number of nitrogens with zero attached hydrogens (tertiary/aromatic N) is 1. The number of hydrogen-bond donors (Lipinski definition) is 2. The second-order valence-corrected chi connectivity index (χ2v) is 7.94. The molecule has 6 heteroatoms. The van der Waals surface area contributed by atoms with E-state index in [1.165, 1.54) is 0 Å². The van der Waals surface area contributed by atoms with Gasteiger partial charge in [-0.3, -0.25) is 9.59 Å². The molecule has 2 aliphatic rings. The van der Waals surface area contributed by atoms with E-state index in [0.29, 0.717) is 30.0 Å². The van der Waals surface area contributed by atoms with Gasteiger partial charge in [0.25, 0.3) is 5.91 Å². The second-order valence-electron chi connectivity index (χ2n) is 7.94. The van der Waals surface area contributed by atoms with E-state index < -0.39 is 5.92 Å². The third kappa shape index (κ3) is 4.24. The van der Waals surface area contributed by atoms with Gasteiger partial charge in [-0.1, -0.05) is 12.1 Å². The minimum atomic E-state index is -0.426. The van der Waals surface area contributed by atoms with Gasteiger partial charge >= 0.3 is 0 Å². The number of amides is 1. The maximum absolute atomic E-state index is 13.4. The summed E-state index contributed by atoms with van der Waals surface area (Å²) in [6, 6.07) is 11.4. The Kier molecular flexibility index (Phi) is 5.89. The third-order valence-corrected chi connectivity index (χ3v) is 5.70. The highest BCUT2D eigenvalue weighted by atomic mass is 16.5. The summed E-state index contributed by atoms with van der Waals surface area (Å²) in [5.74, 6) is 0.668. The number of Topliss-reactive ketones (excluding diaryl/α,β-unsaturated/α-hetero) is 1. The third-order valence-electron chi connectivity index (χ3n) is 5.70. The standard InChI is InChI=1S/C25H27N3O3/c1-4-31-18-10-8-17(9-11-18)23-22(25(30)28-21-14-15(2)12-13-26-21)16(3)27-19-6-5-7-20(29)24(19)23/h8-14,23,27H,4-7H2,1-3H3,(H,26,28,30)/t23-/m1/s1. The molecule has 0 saturated carbocycles. The molecule has 2 N–H and O–H groups in total. The number of aromatic nitrogens is 1. The van der Waals surface area contributed by atoms with Crippen molar-refractivity contribution in [1.29, 1.82) is 0 Å². The summed E-state index contributed by atoms with van der Waals surface area (Å²) in [4.78, 5) is 30.6. The Morgan fingerprint density at radius 3 is 2.68 bits per heavy atom. The van der Waals surface area contributed by atoms with Crippen LogP contribution in [0, 0.1) is 6.92 Å². The molecule has 2 aromatic rings. The highest BCUT2D eigenvalue weighted by molar-refractivity contribution is 6.09. The van der Waals surface area contributed by atoms with Crippen LogP contribution in [0.5, 0.6) is 5.75 Å². The van der Waals surface area contributed by atoms with Crippen molar-refractivity contribution < 1.29 is 14.3 Å². The number of nitrogens with one attached hydrogen (secondary N) is 2. The van der Waals surface area contributed by atoms with Crippen molar-refractivity contribution in [2.45, 2.75) is 46.0 Å². The number of dihydropyridines is 1. The fraction of sp³-hybridized carbons (Fsp3) is 0.320. The lowest BCUT2D eigenvalue weighted by Gasteiger charge is -2.34. The van der Waals surface area contributed by atoms with Gasteiger partial charge in [-0.2, -0.15) is 0 Å². The first-order valence-electron chi connectivity index (χ1n) is 10.7. The molecule has 31 heavy (non-hydrogen) atoms. The Bertz CT molecular complexity index is 1080. The first-order valence-corrected chi connectivity index (χ1v) is 10.7. The molecule has 0 fully saturated rings. The SMILES string of the molecule is CCOc1ccc([C@@H]2C(C(=O)Nc3cc(C)ccn3)=C(C)NC3=C2C(=O)CCC3)cc1. The average Bonchev–Trinajstić information content (AvgIpc) is 2.74. The van der Waals surface area contributed by atoms with E-state index >= 15 is 0 Å². The number of benzene rings is 1. The first-order chi connectivity index (χ1) is 15.0. The van der Waals surface area contributed by atoms with E-state index in [4.69, 9.17) is 4.74 Å². The molecule has 1 atom stereocenters. The summed E-state index contributed by atoms with van der Waals surface area (Å²) in [5, 5.41) is 6.26. The van der Waals surface area contributed by atoms with Gasteiger partial charge in [0.1, 0.15) is 11.6 Å². The Balaban J connectivity index is 1.75. The van der Waals surface area contributed by atoms with Crippen LogP contribution in [0.1, 0.15) is 50.2 Å². The van der Waals surface area contributed by atoms with Crippen molar-refractivity contribution in [1.82, 2.24) is 10.3 Å². The molecule has 0 unspecified atom stereocenters. The molecule has 1 aliphatic carbocycles. The fourth-order valence-electron chi connectivity index (χ4n) is 4.33. The maximum atomic E-state index is 13.4. The summed E-state index contributed by atoms with van der Waals surface area (Å²) in [7, 11) is 0. The van der Waals surface area contributed by atoms with Crippen molar-refractivity contribution in [3.05, 3.63) is 76.3 Å². The molecular weight excluding hydrogens is 390 g/mol. The molecule has 0 spiro atoms. The lowest BCUT2D eigenvalue weighted by Crippen LogP contribution is -2.35. The fourth-order valence-corrected chi connectivity index (χ4v) is 4.33. The molecule has 1 aromatic heterocycles. The van der Waals surface area contributed by atoms with Crippen LogP contribution in [0.25, 0.3) is 0 Å². The number of carbonyl (C=O) groups excluding carboxylic acids is 2. The lowest BCUT2D eigenvalue weighted by molar-refractivity contribution is -0.116. The van der Waals surface area contributed by atoms with Crippen molar-refractivity contribution >= 4 is 17.5 Å². The number of aryl methyl sites for hydroxylation is 1. The number of carbonyl (C=O) groups is 2. The van der Waals surface area contributed by atoms with Crippen LogP contribution in [0.2, 0.25) is 0 Å². The molecular formula is C25H27N3O3. The Labute approximate surface area is 182 Å². The summed E-state index contributed by atoms with van der Waals surface area (Å²) in [6.07, 6.45) is 3.80. The molecule has 1 aromatic carbocycles. The van der Waals surface area contributed by atoms with Gasteiger partial charge in [-0.25, -0.2) is 4.98 Å². The number of hydrogen-bond acceptors (Lipinski definition) is 5. The van der Waals surface area contributed by atoms with Gasteiger partial charge in [0.15, 0.2) is 5.78 Å². The van der Waals surface area contributed by atoms with Gasteiger partial charge in [0.2, 0.25) is 0 Å². The van der Waals surface area contributed by atoms with Crippen LogP contribution in [-0.2, 0) is 9.59 Å². The van der Waals surface area contributed by atoms with Crippen LogP contribution in [0.4, 0.5) is 5.82 Å². The molecule has 0 saturated heterocycles. The van der Waals surface area contributed by atoms with Crippen molar-refractivity contribution in [3.63, 3.8) is 0 Å². The first kappa shape index (κ1) is 20.8. The number of ketones is 1. The zero-order chi connectivity index (χ0) is 22.0. The molecule has 1 aliphatic heterocycles. The van der Waals surface area contributed by atoms with Crippen LogP contribution in [-0.4, -0.2) is 23.3 Å². The van der Waals surface area contributed by atoms with Crippen LogP contribution >= 0.6 is 0 Å². The Hall–Kier alpha value is -3.41. The van der Waals surface area contributed by atoms with E-state index in [9.17, 15) is 9.59 Å². The number of allylic oxidation sites excluding steroid dienone is 3.